The molecule has 0 saturated carbocycles. The highest BCUT2D eigenvalue weighted by atomic mass is 32.1. The number of nitrogens with zero attached hydrogens (tertiary/aromatic N) is 3. The third-order valence-corrected chi connectivity index (χ3v) is 3.23. The molecule has 21 heavy (non-hydrogen) atoms. The van der Waals surface area contributed by atoms with E-state index in [1.54, 1.807) is 47.4 Å². The van der Waals surface area contributed by atoms with Crippen LogP contribution in [0.15, 0.2) is 49.1 Å². The number of nitrogens with one attached hydrogen (secondary N) is 1. The van der Waals surface area contributed by atoms with Gasteiger partial charge in [-0.1, -0.05) is 12.2 Å². The van der Waals surface area contributed by atoms with E-state index in [0.29, 0.717) is 21.8 Å². The molecule has 0 aliphatic rings. The van der Waals surface area contributed by atoms with Gasteiger partial charge in [-0.05, 0) is 24.3 Å². The normalized spacial score (nSPS) is 10.5. The summed E-state index contributed by atoms with van der Waals surface area (Å²) in [4.78, 5) is 16.6. The molecule has 3 N–H and O–H groups in total. The van der Waals surface area contributed by atoms with Crippen LogP contribution in [0, 0.1) is 0 Å². The maximum Gasteiger partial charge on any atom is 0.259 e. The zero-order valence-electron chi connectivity index (χ0n) is 10.9. The number of carbonyl (C=O) groups is 1. The Balaban J connectivity index is 1.84. The SMILES string of the molecule is NC(=S)c1ccc(NC(=O)c2cnn3ccncc23)cc1. The lowest BCUT2D eigenvalue weighted by atomic mass is 10.2. The second kappa shape index (κ2) is 5.29. The van der Waals surface area contributed by atoms with Crippen LogP contribution in [0.5, 0.6) is 0 Å². The molecule has 0 aliphatic carbocycles. The Morgan fingerprint density at radius 2 is 2.00 bits per heavy atom. The Hall–Kier alpha value is -2.80. The van der Waals surface area contributed by atoms with Gasteiger partial charge in [0.05, 0.1) is 23.5 Å². The van der Waals surface area contributed by atoms with Crippen molar-refractivity contribution in [3.8, 4) is 0 Å². The first-order chi connectivity index (χ1) is 10.1. The molecule has 7 heteroatoms. The van der Waals surface area contributed by atoms with E-state index in [4.69, 9.17) is 18.0 Å². The molecule has 1 amide bonds. The molecule has 104 valence electrons. The van der Waals surface area contributed by atoms with Gasteiger partial charge in [-0.2, -0.15) is 5.10 Å². The highest BCUT2D eigenvalue weighted by molar-refractivity contribution is 7.80. The molecule has 2 aromatic heterocycles. The smallest absolute Gasteiger partial charge is 0.259 e. The van der Waals surface area contributed by atoms with Crippen LogP contribution in [0.3, 0.4) is 0 Å². The van der Waals surface area contributed by atoms with Crippen LogP contribution in [0.1, 0.15) is 15.9 Å². The zero-order chi connectivity index (χ0) is 14.8. The molecule has 0 bridgehead atoms. The summed E-state index contributed by atoms with van der Waals surface area (Å²) in [6, 6.07) is 7.01. The third-order valence-electron chi connectivity index (χ3n) is 3.00. The van der Waals surface area contributed by atoms with Crippen molar-refractivity contribution in [1.82, 2.24) is 14.6 Å². The largest absolute Gasteiger partial charge is 0.389 e. The molecular formula is C14H11N5OS. The Bertz CT molecular complexity index is 825. The van der Waals surface area contributed by atoms with Gasteiger partial charge in [0.1, 0.15) is 4.99 Å². The summed E-state index contributed by atoms with van der Waals surface area (Å²) < 4.78 is 1.60. The number of hydrogen-bond donors (Lipinski definition) is 2. The minimum Gasteiger partial charge on any atom is -0.389 e. The van der Waals surface area contributed by atoms with Crippen LogP contribution in [-0.4, -0.2) is 25.5 Å². The number of nitrogens with two attached hydrogens (primary N) is 1. The fourth-order valence-electron chi connectivity index (χ4n) is 1.93. The molecule has 0 unspecified atom stereocenters. The minimum atomic E-state index is -0.249. The summed E-state index contributed by atoms with van der Waals surface area (Å²) in [5.74, 6) is -0.249. The van der Waals surface area contributed by atoms with Crippen LogP contribution in [-0.2, 0) is 0 Å². The van der Waals surface area contributed by atoms with Crippen molar-refractivity contribution in [2.45, 2.75) is 0 Å². The fourth-order valence-corrected chi connectivity index (χ4v) is 2.06. The molecule has 2 heterocycles. The van der Waals surface area contributed by atoms with Gasteiger partial charge < -0.3 is 11.1 Å². The van der Waals surface area contributed by atoms with Crippen molar-refractivity contribution >= 4 is 34.3 Å². The quantitative estimate of drug-likeness (QED) is 0.717. The van der Waals surface area contributed by atoms with Gasteiger partial charge >= 0.3 is 0 Å². The molecule has 0 radical (unpaired) electrons. The second-order valence-electron chi connectivity index (χ2n) is 4.36. The van der Waals surface area contributed by atoms with Crippen molar-refractivity contribution in [3.63, 3.8) is 0 Å². The highest BCUT2D eigenvalue weighted by Gasteiger charge is 2.12. The number of anilines is 1. The lowest BCUT2D eigenvalue weighted by Crippen LogP contribution is -2.12. The number of amides is 1. The van der Waals surface area contributed by atoms with Gasteiger partial charge in [0, 0.05) is 23.6 Å². The van der Waals surface area contributed by atoms with Crippen molar-refractivity contribution in [2.24, 2.45) is 5.73 Å². The van der Waals surface area contributed by atoms with E-state index in [1.807, 2.05) is 0 Å². The molecule has 0 saturated heterocycles. The van der Waals surface area contributed by atoms with Gasteiger partial charge in [0.25, 0.3) is 5.91 Å². The van der Waals surface area contributed by atoms with Crippen LogP contribution in [0.4, 0.5) is 5.69 Å². The van der Waals surface area contributed by atoms with Crippen LogP contribution in [0.25, 0.3) is 5.52 Å². The van der Waals surface area contributed by atoms with Gasteiger partial charge in [-0.25, -0.2) is 4.52 Å². The van der Waals surface area contributed by atoms with E-state index in [0.717, 1.165) is 5.56 Å². The van der Waals surface area contributed by atoms with E-state index in [-0.39, 0.29) is 5.91 Å². The third kappa shape index (κ3) is 2.59. The van der Waals surface area contributed by atoms with E-state index in [2.05, 4.69) is 15.4 Å². The van der Waals surface area contributed by atoms with Gasteiger partial charge in [-0.15, -0.1) is 0 Å². The summed E-state index contributed by atoms with van der Waals surface area (Å²) in [7, 11) is 0. The Morgan fingerprint density at radius 1 is 1.24 bits per heavy atom. The average Bonchev–Trinajstić information content (AvgIpc) is 2.92. The van der Waals surface area contributed by atoms with Crippen molar-refractivity contribution in [3.05, 3.63) is 60.2 Å². The predicted molar refractivity (Wildman–Crippen MR) is 83.3 cm³/mol. The van der Waals surface area contributed by atoms with Gasteiger partial charge in [0.15, 0.2) is 0 Å². The summed E-state index contributed by atoms with van der Waals surface area (Å²) >= 11 is 4.88. The number of aromatic nitrogens is 3. The summed E-state index contributed by atoms with van der Waals surface area (Å²) in [6.45, 7) is 0. The van der Waals surface area contributed by atoms with Crippen LogP contribution < -0.4 is 11.1 Å². The van der Waals surface area contributed by atoms with Crippen molar-refractivity contribution in [1.29, 1.82) is 0 Å². The number of fused-ring (bicyclic) bond motifs is 1. The average molecular weight is 297 g/mol. The second-order valence-corrected chi connectivity index (χ2v) is 4.80. The maximum atomic E-state index is 12.3. The van der Waals surface area contributed by atoms with E-state index in [9.17, 15) is 4.79 Å². The van der Waals surface area contributed by atoms with Gasteiger partial charge in [0.2, 0.25) is 0 Å². The Morgan fingerprint density at radius 3 is 2.71 bits per heavy atom. The van der Waals surface area contributed by atoms with E-state index >= 15 is 0 Å². The zero-order valence-corrected chi connectivity index (χ0v) is 11.7. The standard InChI is InChI=1S/C14H11N5OS/c15-13(21)9-1-3-10(4-2-9)18-14(20)11-7-17-19-6-5-16-8-12(11)19/h1-8H,(H2,15,21)(H,18,20). The molecule has 3 aromatic rings. The number of carbonyl (C=O) groups excluding carboxylic acids is 1. The van der Waals surface area contributed by atoms with E-state index < -0.39 is 0 Å². The first kappa shape index (κ1) is 13.2. The Labute approximate surface area is 125 Å². The molecule has 0 atom stereocenters. The first-order valence-corrected chi connectivity index (χ1v) is 6.54. The number of rotatable bonds is 3. The molecular weight excluding hydrogens is 286 g/mol. The summed E-state index contributed by atoms with van der Waals surface area (Å²) in [5, 5.41) is 6.90. The number of benzene rings is 1. The fraction of sp³-hybridized carbons (Fsp3) is 0. The monoisotopic (exact) mass is 297 g/mol. The predicted octanol–water partition coefficient (Wildman–Crippen LogP) is 1.62. The first-order valence-electron chi connectivity index (χ1n) is 6.14. The summed E-state index contributed by atoms with van der Waals surface area (Å²) in [6.07, 6.45) is 6.40. The highest BCUT2D eigenvalue weighted by Crippen LogP contribution is 2.14. The number of hydrogen-bond acceptors (Lipinski definition) is 4. The lowest BCUT2D eigenvalue weighted by Gasteiger charge is -2.05. The minimum absolute atomic E-state index is 0.249. The summed E-state index contributed by atoms with van der Waals surface area (Å²) in [5.41, 5.74) is 8.05. The number of thiocarbonyl (C=S) groups is 1. The molecule has 6 nitrogen and oxygen atoms in total. The molecule has 0 spiro atoms. The molecule has 0 aliphatic heterocycles. The maximum absolute atomic E-state index is 12.3. The van der Waals surface area contributed by atoms with Crippen LogP contribution >= 0.6 is 12.2 Å². The Kier molecular flexibility index (Phi) is 3.33. The van der Waals surface area contributed by atoms with E-state index in [1.165, 1.54) is 6.20 Å². The van der Waals surface area contributed by atoms with Crippen molar-refractivity contribution < 1.29 is 4.79 Å². The molecule has 1 aromatic carbocycles. The topological polar surface area (TPSA) is 85.3 Å². The van der Waals surface area contributed by atoms with Crippen LogP contribution in [0.2, 0.25) is 0 Å². The molecule has 3 rings (SSSR count). The van der Waals surface area contributed by atoms with Gasteiger partial charge in [-0.3, -0.25) is 9.78 Å². The van der Waals surface area contributed by atoms with Crippen molar-refractivity contribution in [2.75, 3.05) is 5.32 Å². The lowest BCUT2D eigenvalue weighted by molar-refractivity contribution is 0.102. The molecule has 0 fully saturated rings.